The van der Waals surface area contributed by atoms with Crippen LogP contribution in [0.3, 0.4) is 0 Å². The number of phenolic OH excluding ortho intramolecular Hbond substituents is 1. The van der Waals surface area contributed by atoms with E-state index < -0.39 is 0 Å². The van der Waals surface area contributed by atoms with Crippen LogP contribution in [-0.4, -0.2) is 14.7 Å². The van der Waals surface area contributed by atoms with Crippen LogP contribution in [0.25, 0.3) is 11.0 Å². The van der Waals surface area contributed by atoms with Crippen molar-refractivity contribution in [2.24, 2.45) is 7.05 Å². The molecule has 1 heterocycles. The molecule has 0 unspecified atom stereocenters. The second-order valence-electron chi connectivity index (χ2n) is 4.11. The van der Waals surface area contributed by atoms with E-state index in [4.69, 9.17) is 4.74 Å². The molecule has 3 rings (SSSR count). The Hall–Kier alpha value is -2.49. The molecule has 0 radical (unpaired) electrons. The van der Waals surface area contributed by atoms with Crippen molar-refractivity contribution in [1.29, 1.82) is 0 Å². The summed E-state index contributed by atoms with van der Waals surface area (Å²) in [5.41, 5.74) is 1.94. The van der Waals surface area contributed by atoms with E-state index in [1.165, 1.54) is 0 Å². The maximum atomic E-state index is 9.38. The molecule has 0 spiro atoms. The third-order valence-electron chi connectivity index (χ3n) is 2.75. The van der Waals surface area contributed by atoms with Gasteiger partial charge in [-0.25, -0.2) is 4.98 Å². The maximum absolute atomic E-state index is 9.38. The lowest BCUT2D eigenvalue weighted by Gasteiger charge is -2.06. The summed E-state index contributed by atoms with van der Waals surface area (Å²) in [6.07, 6.45) is 1.77. The van der Waals surface area contributed by atoms with Gasteiger partial charge in [0.25, 0.3) is 0 Å². The largest absolute Gasteiger partial charge is 0.508 e. The van der Waals surface area contributed by atoms with Gasteiger partial charge in [0.05, 0.1) is 17.4 Å². The second kappa shape index (κ2) is 4.07. The summed E-state index contributed by atoms with van der Waals surface area (Å²) in [6.45, 7) is 0. The Morgan fingerprint density at radius 1 is 1.11 bits per heavy atom. The molecule has 4 heteroatoms. The first kappa shape index (κ1) is 10.7. The van der Waals surface area contributed by atoms with E-state index in [0.717, 1.165) is 16.8 Å². The van der Waals surface area contributed by atoms with E-state index in [2.05, 4.69) is 4.98 Å². The minimum atomic E-state index is 0.189. The predicted molar refractivity (Wildman–Crippen MR) is 68.9 cm³/mol. The fourth-order valence-corrected chi connectivity index (χ4v) is 1.85. The zero-order valence-corrected chi connectivity index (χ0v) is 9.87. The van der Waals surface area contributed by atoms with Gasteiger partial charge in [-0.1, -0.05) is 6.07 Å². The van der Waals surface area contributed by atoms with Crippen LogP contribution < -0.4 is 4.74 Å². The Balaban J connectivity index is 1.97. The van der Waals surface area contributed by atoms with E-state index in [9.17, 15) is 5.11 Å². The summed E-state index contributed by atoms with van der Waals surface area (Å²) >= 11 is 0. The highest BCUT2D eigenvalue weighted by molar-refractivity contribution is 5.77. The van der Waals surface area contributed by atoms with Crippen LogP contribution in [0.5, 0.6) is 17.2 Å². The molecule has 2 aromatic carbocycles. The van der Waals surface area contributed by atoms with Gasteiger partial charge < -0.3 is 14.4 Å². The molecule has 18 heavy (non-hydrogen) atoms. The monoisotopic (exact) mass is 240 g/mol. The Morgan fingerprint density at radius 3 is 2.78 bits per heavy atom. The lowest BCUT2D eigenvalue weighted by Crippen LogP contribution is -1.87. The highest BCUT2D eigenvalue weighted by Gasteiger charge is 2.03. The molecule has 0 aliphatic carbocycles. The van der Waals surface area contributed by atoms with Gasteiger partial charge in [0, 0.05) is 19.2 Å². The van der Waals surface area contributed by atoms with Crippen molar-refractivity contribution in [3.63, 3.8) is 0 Å². The molecule has 0 aliphatic rings. The van der Waals surface area contributed by atoms with E-state index in [1.807, 2.05) is 29.8 Å². The van der Waals surface area contributed by atoms with E-state index >= 15 is 0 Å². The number of fused-ring (bicyclic) bond motifs is 1. The second-order valence-corrected chi connectivity index (χ2v) is 4.11. The van der Waals surface area contributed by atoms with Crippen LogP contribution in [0.4, 0.5) is 0 Å². The van der Waals surface area contributed by atoms with Crippen molar-refractivity contribution in [1.82, 2.24) is 9.55 Å². The Labute approximate surface area is 104 Å². The molecule has 0 amide bonds. The van der Waals surface area contributed by atoms with Gasteiger partial charge in [-0.2, -0.15) is 0 Å². The van der Waals surface area contributed by atoms with Gasteiger partial charge in [0.15, 0.2) is 0 Å². The molecule has 1 N–H and O–H groups in total. The normalized spacial score (nSPS) is 10.7. The third kappa shape index (κ3) is 1.88. The van der Waals surface area contributed by atoms with E-state index in [1.54, 1.807) is 30.6 Å². The number of aromatic nitrogens is 2. The highest BCUT2D eigenvalue weighted by atomic mass is 16.5. The summed E-state index contributed by atoms with van der Waals surface area (Å²) in [5, 5.41) is 9.38. The molecule has 0 bridgehead atoms. The maximum Gasteiger partial charge on any atom is 0.131 e. The van der Waals surface area contributed by atoms with Crippen LogP contribution in [-0.2, 0) is 7.05 Å². The number of aryl methyl sites for hydroxylation is 1. The summed E-state index contributed by atoms with van der Waals surface area (Å²) < 4.78 is 7.63. The van der Waals surface area contributed by atoms with E-state index in [-0.39, 0.29) is 5.75 Å². The zero-order chi connectivity index (χ0) is 12.5. The number of benzene rings is 2. The molecule has 0 atom stereocenters. The average molecular weight is 240 g/mol. The number of hydrogen-bond acceptors (Lipinski definition) is 3. The number of phenols is 1. The van der Waals surface area contributed by atoms with Gasteiger partial charge in [-0.3, -0.25) is 0 Å². The molecule has 4 nitrogen and oxygen atoms in total. The molecule has 3 aromatic rings. The van der Waals surface area contributed by atoms with Crippen molar-refractivity contribution < 1.29 is 9.84 Å². The smallest absolute Gasteiger partial charge is 0.131 e. The van der Waals surface area contributed by atoms with Crippen molar-refractivity contribution in [3.05, 3.63) is 48.8 Å². The van der Waals surface area contributed by atoms with Crippen LogP contribution in [0, 0.1) is 0 Å². The van der Waals surface area contributed by atoms with Gasteiger partial charge in [-0.15, -0.1) is 0 Å². The van der Waals surface area contributed by atoms with Gasteiger partial charge >= 0.3 is 0 Å². The SMILES string of the molecule is Cn1cnc2ccc(Oc3cccc(O)c3)cc21. The average Bonchev–Trinajstić information content (AvgIpc) is 2.71. The van der Waals surface area contributed by atoms with Crippen LogP contribution in [0.15, 0.2) is 48.8 Å². The number of imidazole rings is 1. The summed E-state index contributed by atoms with van der Waals surface area (Å²) in [7, 11) is 1.94. The van der Waals surface area contributed by atoms with Crippen molar-refractivity contribution in [2.45, 2.75) is 0 Å². The lowest BCUT2D eigenvalue weighted by molar-refractivity contribution is 0.455. The highest BCUT2D eigenvalue weighted by Crippen LogP contribution is 2.26. The van der Waals surface area contributed by atoms with Crippen LogP contribution >= 0.6 is 0 Å². The first-order chi connectivity index (χ1) is 8.72. The van der Waals surface area contributed by atoms with Crippen LogP contribution in [0.1, 0.15) is 0 Å². The zero-order valence-electron chi connectivity index (χ0n) is 9.87. The predicted octanol–water partition coefficient (Wildman–Crippen LogP) is 3.07. The number of aromatic hydroxyl groups is 1. The molecule has 0 saturated heterocycles. The van der Waals surface area contributed by atoms with Crippen molar-refractivity contribution >= 4 is 11.0 Å². The van der Waals surface area contributed by atoms with Gasteiger partial charge in [0.1, 0.15) is 17.2 Å². The summed E-state index contributed by atoms with van der Waals surface area (Å²) in [5.74, 6) is 1.52. The van der Waals surface area contributed by atoms with Crippen molar-refractivity contribution in [3.8, 4) is 17.2 Å². The van der Waals surface area contributed by atoms with Crippen LogP contribution in [0.2, 0.25) is 0 Å². The first-order valence-electron chi connectivity index (χ1n) is 5.60. The minimum absolute atomic E-state index is 0.189. The summed E-state index contributed by atoms with van der Waals surface area (Å²) in [4.78, 5) is 4.25. The Kier molecular flexibility index (Phi) is 2.41. The standard InChI is InChI=1S/C14H12N2O2/c1-16-9-15-13-6-5-12(8-14(13)16)18-11-4-2-3-10(17)7-11/h2-9,17H,1H3. The first-order valence-corrected chi connectivity index (χ1v) is 5.60. The number of ether oxygens (including phenoxy) is 1. The molecule has 1 aromatic heterocycles. The molecule has 90 valence electrons. The van der Waals surface area contributed by atoms with Gasteiger partial charge in [-0.05, 0) is 24.3 Å². The number of hydrogen-bond donors (Lipinski definition) is 1. The number of nitrogens with zero attached hydrogens (tertiary/aromatic N) is 2. The molecular formula is C14H12N2O2. The molecule has 0 aliphatic heterocycles. The Bertz CT molecular complexity index is 704. The topological polar surface area (TPSA) is 47.3 Å². The number of rotatable bonds is 2. The molecule has 0 fully saturated rings. The Morgan fingerprint density at radius 2 is 1.94 bits per heavy atom. The fraction of sp³-hybridized carbons (Fsp3) is 0.0714. The fourth-order valence-electron chi connectivity index (χ4n) is 1.85. The third-order valence-corrected chi connectivity index (χ3v) is 2.75. The minimum Gasteiger partial charge on any atom is -0.508 e. The van der Waals surface area contributed by atoms with Crippen molar-refractivity contribution in [2.75, 3.05) is 0 Å². The molecular weight excluding hydrogens is 228 g/mol. The van der Waals surface area contributed by atoms with Gasteiger partial charge in [0.2, 0.25) is 0 Å². The summed E-state index contributed by atoms with van der Waals surface area (Å²) in [6, 6.07) is 12.4. The van der Waals surface area contributed by atoms with E-state index in [0.29, 0.717) is 5.75 Å². The quantitative estimate of drug-likeness (QED) is 0.748. The lowest BCUT2D eigenvalue weighted by atomic mass is 10.3. The molecule has 0 saturated carbocycles.